The summed E-state index contributed by atoms with van der Waals surface area (Å²) in [6, 6.07) is 8.23. The molecule has 1 atom stereocenters. The minimum absolute atomic E-state index is 0.117. The highest BCUT2D eigenvalue weighted by Crippen LogP contribution is 2.27. The van der Waals surface area contributed by atoms with Gasteiger partial charge in [-0.05, 0) is 38.2 Å². The molecule has 0 saturated carbocycles. The van der Waals surface area contributed by atoms with E-state index in [1.165, 1.54) is 5.56 Å². The lowest BCUT2D eigenvalue weighted by molar-refractivity contribution is -0.161. The summed E-state index contributed by atoms with van der Waals surface area (Å²) in [5.74, 6) is -0.117. The fourth-order valence-corrected chi connectivity index (χ4v) is 4.07. The quantitative estimate of drug-likeness (QED) is 0.886. The summed E-state index contributed by atoms with van der Waals surface area (Å²) in [7, 11) is 1.75. The first kappa shape index (κ1) is 18.4. The molecular weight excluding hydrogens is 316 g/mol. The molecule has 2 aliphatic rings. The summed E-state index contributed by atoms with van der Waals surface area (Å²) in [4.78, 5) is 17.0. The Hall–Kier alpha value is -1.43. The van der Waals surface area contributed by atoms with Crippen molar-refractivity contribution in [2.45, 2.75) is 50.9 Å². The van der Waals surface area contributed by atoms with E-state index in [1.807, 2.05) is 17.0 Å². The first-order valence-corrected chi connectivity index (χ1v) is 9.32. The lowest BCUT2D eigenvalue weighted by atomic mass is 9.90. The van der Waals surface area contributed by atoms with Crippen LogP contribution in [-0.2, 0) is 16.1 Å². The van der Waals surface area contributed by atoms with Gasteiger partial charge in [-0.3, -0.25) is 9.69 Å². The topological polar surface area (TPSA) is 53.0 Å². The fraction of sp³-hybridized carbons (Fsp3) is 0.650. The van der Waals surface area contributed by atoms with Gasteiger partial charge in [0.05, 0.1) is 6.10 Å². The molecule has 1 aromatic carbocycles. The van der Waals surface area contributed by atoms with Crippen molar-refractivity contribution in [3.05, 3.63) is 35.4 Å². The number of aliphatic hydroxyl groups is 1. The highest BCUT2D eigenvalue weighted by Gasteiger charge is 2.43. The number of likely N-dealkylation sites (tertiary alicyclic amines) is 2. The van der Waals surface area contributed by atoms with E-state index in [1.54, 1.807) is 7.11 Å². The number of β-amino-alcohol motifs (C(OH)–C–C–N with tert-alkyl or cyclic N) is 1. The number of aryl methyl sites for hydroxylation is 1. The molecule has 5 heteroatoms. The van der Waals surface area contributed by atoms with Crippen molar-refractivity contribution < 1.29 is 14.6 Å². The lowest BCUT2D eigenvalue weighted by Crippen LogP contribution is -2.59. The summed E-state index contributed by atoms with van der Waals surface area (Å²) >= 11 is 0. The van der Waals surface area contributed by atoms with E-state index in [0.29, 0.717) is 25.6 Å². The Bertz CT molecular complexity index is 598. The van der Waals surface area contributed by atoms with Crippen LogP contribution in [0.25, 0.3) is 0 Å². The van der Waals surface area contributed by atoms with Crippen molar-refractivity contribution in [3.63, 3.8) is 0 Å². The van der Waals surface area contributed by atoms with Crippen LogP contribution in [0.4, 0.5) is 0 Å². The van der Waals surface area contributed by atoms with Crippen molar-refractivity contribution in [2.24, 2.45) is 0 Å². The minimum atomic E-state index is -1.25. The molecule has 0 spiro atoms. The molecule has 0 bridgehead atoms. The second-order valence-corrected chi connectivity index (χ2v) is 7.56. The van der Waals surface area contributed by atoms with Gasteiger partial charge in [0.2, 0.25) is 0 Å². The Morgan fingerprint density at radius 1 is 1.28 bits per heavy atom. The Morgan fingerprint density at radius 3 is 2.72 bits per heavy atom. The van der Waals surface area contributed by atoms with E-state index in [-0.39, 0.29) is 5.91 Å². The average Bonchev–Trinajstić information content (AvgIpc) is 2.60. The molecule has 2 heterocycles. The Labute approximate surface area is 150 Å². The maximum Gasteiger partial charge on any atom is 0.256 e. The average molecular weight is 346 g/mol. The maximum atomic E-state index is 13.0. The van der Waals surface area contributed by atoms with Crippen molar-refractivity contribution in [1.29, 1.82) is 0 Å². The number of nitrogens with zero attached hydrogens (tertiary/aromatic N) is 2. The van der Waals surface area contributed by atoms with E-state index in [9.17, 15) is 9.90 Å². The van der Waals surface area contributed by atoms with Gasteiger partial charge < -0.3 is 14.7 Å². The molecule has 0 unspecified atom stereocenters. The number of ether oxygens (including phenoxy) is 1. The second-order valence-electron chi connectivity index (χ2n) is 7.56. The first-order chi connectivity index (χ1) is 12.0. The molecule has 1 aromatic rings. The zero-order valence-corrected chi connectivity index (χ0v) is 15.4. The van der Waals surface area contributed by atoms with Gasteiger partial charge in [-0.2, -0.15) is 0 Å². The summed E-state index contributed by atoms with van der Waals surface area (Å²) in [6.07, 6.45) is 3.65. The fourth-order valence-electron chi connectivity index (χ4n) is 4.07. The summed E-state index contributed by atoms with van der Waals surface area (Å²) < 4.78 is 5.40. The van der Waals surface area contributed by atoms with Gasteiger partial charge in [0.25, 0.3) is 5.91 Å². The third kappa shape index (κ3) is 4.40. The molecule has 3 rings (SSSR count). The van der Waals surface area contributed by atoms with Gasteiger partial charge in [0.1, 0.15) is 0 Å². The predicted molar refractivity (Wildman–Crippen MR) is 97.3 cm³/mol. The molecule has 1 amide bonds. The summed E-state index contributed by atoms with van der Waals surface area (Å²) in [5, 5.41) is 11.1. The Balaban J connectivity index is 1.62. The van der Waals surface area contributed by atoms with Crippen molar-refractivity contribution in [3.8, 4) is 0 Å². The number of carbonyl (C=O) groups excluding carboxylic acids is 1. The number of amides is 1. The monoisotopic (exact) mass is 346 g/mol. The Kier molecular flexibility index (Phi) is 5.77. The van der Waals surface area contributed by atoms with Crippen molar-refractivity contribution in [1.82, 2.24) is 9.80 Å². The minimum Gasteiger partial charge on any atom is -0.381 e. The molecule has 0 radical (unpaired) electrons. The van der Waals surface area contributed by atoms with Crippen LogP contribution in [-0.4, -0.2) is 65.8 Å². The largest absolute Gasteiger partial charge is 0.381 e. The standard InChI is InChI=1S/C20H30N2O3/c1-16-5-3-6-17(13-16)14-22-10-4-9-20(24,19(22)23)15-21-11-7-18(25-2)8-12-21/h3,5-6,13,18,24H,4,7-12,14-15H2,1-2H3/t20-/m0/s1. The number of benzene rings is 1. The van der Waals surface area contributed by atoms with Crippen LogP contribution in [0.3, 0.4) is 0 Å². The lowest BCUT2D eigenvalue weighted by Gasteiger charge is -2.42. The number of hydrogen-bond acceptors (Lipinski definition) is 4. The zero-order valence-electron chi connectivity index (χ0n) is 15.4. The Morgan fingerprint density at radius 2 is 2.04 bits per heavy atom. The third-order valence-electron chi connectivity index (χ3n) is 5.51. The molecule has 2 aliphatic heterocycles. The van der Waals surface area contributed by atoms with Crippen LogP contribution >= 0.6 is 0 Å². The molecule has 138 valence electrons. The molecule has 2 saturated heterocycles. The maximum absolute atomic E-state index is 13.0. The summed E-state index contributed by atoms with van der Waals surface area (Å²) in [6.45, 7) is 5.56. The molecule has 0 aromatic heterocycles. The van der Waals surface area contributed by atoms with Crippen molar-refractivity contribution >= 4 is 5.91 Å². The SMILES string of the molecule is COC1CCN(C[C@@]2(O)CCCN(Cc3cccc(C)c3)C2=O)CC1. The number of carbonyl (C=O) groups is 1. The third-order valence-corrected chi connectivity index (χ3v) is 5.51. The highest BCUT2D eigenvalue weighted by molar-refractivity contribution is 5.86. The van der Waals surface area contributed by atoms with Crippen LogP contribution in [0.5, 0.6) is 0 Å². The van der Waals surface area contributed by atoms with Gasteiger partial charge >= 0.3 is 0 Å². The van der Waals surface area contributed by atoms with Crippen LogP contribution < -0.4 is 0 Å². The highest BCUT2D eigenvalue weighted by atomic mass is 16.5. The van der Waals surface area contributed by atoms with Crippen LogP contribution in [0.1, 0.15) is 36.8 Å². The van der Waals surface area contributed by atoms with Gasteiger partial charge in [0, 0.05) is 39.8 Å². The van der Waals surface area contributed by atoms with Gasteiger partial charge in [-0.15, -0.1) is 0 Å². The number of hydrogen-bond donors (Lipinski definition) is 1. The zero-order chi connectivity index (χ0) is 17.9. The van der Waals surface area contributed by atoms with Gasteiger partial charge in [-0.25, -0.2) is 0 Å². The summed E-state index contributed by atoms with van der Waals surface area (Å²) in [5.41, 5.74) is 1.07. The van der Waals surface area contributed by atoms with Gasteiger partial charge in [0.15, 0.2) is 5.60 Å². The number of piperidine rings is 2. The van der Waals surface area contributed by atoms with E-state index in [4.69, 9.17) is 4.74 Å². The van der Waals surface area contributed by atoms with Crippen LogP contribution in [0.15, 0.2) is 24.3 Å². The van der Waals surface area contributed by atoms with Crippen molar-refractivity contribution in [2.75, 3.05) is 33.3 Å². The van der Waals surface area contributed by atoms with Crippen LogP contribution in [0.2, 0.25) is 0 Å². The number of methoxy groups -OCH3 is 1. The molecule has 0 aliphatic carbocycles. The predicted octanol–water partition coefficient (Wildman–Crippen LogP) is 1.96. The normalized spacial score (nSPS) is 26.2. The van der Waals surface area contributed by atoms with E-state index in [0.717, 1.165) is 44.5 Å². The first-order valence-electron chi connectivity index (χ1n) is 9.32. The van der Waals surface area contributed by atoms with E-state index in [2.05, 4.69) is 24.0 Å². The molecule has 25 heavy (non-hydrogen) atoms. The number of rotatable bonds is 5. The van der Waals surface area contributed by atoms with E-state index < -0.39 is 5.60 Å². The van der Waals surface area contributed by atoms with Crippen LogP contribution in [0, 0.1) is 6.92 Å². The van der Waals surface area contributed by atoms with Gasteiger partial charge in [-0.1, -0.05) is 29.8 Å². The van der Waals surface area contributed by atoms with E-state index >= 15 is 0 Å². The second kappa shape index (κ2) is 7.85. The molecule has 2 fully saturated rings. The molecule has 1 N–H and O–H groups in total. The molecular formula is C20H30N2O3. The molecule has 5 nitrogen and oxygen atoms in total. The smallest absolute Gasteiger partial charge is 0.256 e.